The van der Waals surface area contributed by atoms with Crippen molar-refractivity contribution in [3.63, 3.8) is 0 Å². The smallest absolute Gasteiger partial charge is 0.303 e. The van der Waals surface area contributed by atoms with Crippen molar-refractivity contribution in [2.24, 2.45) is 0 Å². The molecule has 0 saturated heterocycles. The van der Waals surface area contributed by atoms with E-state index in [1.54, 1.807) is 0 Å². The number of hydrogen-bond acceptors (Lipinski definition) is 4. The quantitative estimate of drug-likeness (QED) is 0.856. The van der Waals surface area contributed by atoms with Crippen LogP contribution in [0.15, 0.2) is 18.2 Å². The monoisotopic (exact) mass is 326 g/mol. The summed E-state index contributed by atoms with van der Waals surface area (Å²) in [4.78, 5) is 12.5. The van der Waals surface area contributed by atoms with Crippen LogP contribution in [0.5, 0.6) is 5.75 Å². The van der Waals surface area contributed by atoms with Crippen molar-refractivity contribution >= 4 is 16.1 Å². The van der Waals surface area contributed by atoms with E-state index >= 15 is 0 Å². The van der Waals surface area contributed by atoms with Crippen molar-refractivity contribution in [2.75, 3.05) is 20.7 Å². The molecule has 122 valence electrons. The number of hydrogen-bond donors (Lipinski definition) is 1. The van der Waals surface area contributed by atoms with Crippen molar-refractivity contribution in [1.82, 2.24) is 9.03 Å². The fourth-order valence-corrected chi connectivity index (χ4v) is 2.96. The lowest BCUT2D eigenvalue weighted by atomic mass is 9.93. The van der Waals surface area contributed by atoms with E-state index in [0.29, 0.717) is 25.2 Å². The molecular weight excluding hydrogens is 304 g/mol. The molecule has 1 fully saturated rings. The number of ether oxygens (including phenoxy) is 1. The minimum absolute atomic E-state index is 0.490. The van der Waals surface area contributed by atoms with Crippen molar-refractivity contribution in [3.05, 3.63) is 29.3 Å². The van der Waals surface area contributed by atoms with Crippen molar-refractivity contribution < 1.29 is 17.9 Å². The predicted molar refractivity (Wildman–Crippen MR) is 84.0 cm³/mol. The first-order valence-corrected chi connectivity index (χ1v) is 8.65. The van der Waals surface area contributed by atoms with Gasteiger partial charge in [0, 0.05) is 19.7 Å². The molecule has 1 aliphatic carbocycles. The van der Waals surface area contributed by atoms with Crippen LogP contribution >= 0.6 is 0 Å². The molecule has 6 nitrogen and oxygen atoms in total. The normalized spacial score (nSPS) is 16.4. The average Bonchev–Trinajstić information content (AvgIpc) is 3.22. The third kappa shape index (κ3) is 3.10. The van der Waals surface area contributed by atoms with Crippen molar-refractivity contribution in [1.29, 1.82) is 0 Å². The lowest BCUT2D eigenvalue weighted by Gasteiger charge is -2.21. The highest BCUT2D eigenvalue weighted by atomic mass is 32.2. The molecule has 7 heteroatoms. The maximum Gasteiger partial charge on any atom is 0.303 e. The van der Waals surface area contributed by atoms with E-state index in [-0.39, 0.29) is 0 Å². The first-order chi connectivity index (χ1) is 10.2. The molecule has 0 bridgehead atoms. The molecule has 22 heavy (non-hydrogen) atoms. The fraction of sp³-hybridized carbons (Fsp3) is 0.533. The maximum absolute atomic E-state index is 12.5. The van der Waals surface area contributed by atoms with Gasteiger partial charge in [0.1, 0.15) is 5.75 Å². The van der Waals surface area contributed by atoms with Crippen LogP contribution in [0.1, 0.15) is 30.9 Å². The highest BCUT2D eigenvalue weighted by Crippen LogP contribution is 2.51. The summed E-state index contributed by atoms with van der Waals surface area (Å²) in [7, 11) is -1.03. The van der Waals surface area contributed by atoms with Crippen LogP contribution in [-0.2, 0) is 20.4 Å². The molecule has 1 aromatic rings. The highest BCUT2D eigenvalue weighted by Gasteiger charge is 2.54. The SMILES string of the molecule is CCOc1ccc(C)cc1C1(C(=O)NS(=O)(=O)N(C)C)CC1. The first kappa shape index (κ1) is 16.8. The van der Waals surface area contributed by atoms with Gasteiger partial charge in [-0.1, -0.05) is 17.7 Å². The van der Waals surface area contributed by atoms with E-state index in [4.69, 9.17) is 4.74 Å². The second kappa shape index (κ2) is 5.89. The van der Waals surface area contributed by atoms with Gasteiger partial charge in [0.25, 0.3) is 0 Å². The molecule has 0 unspecified atom stereocenters. The number of carbonyl (C=O) groups excluding carboxylic acids is 1. The Morgan fingerprint density at radius 1 is 1.36 bits per heavy atom. The Balaban J connectivity index is 2.36. The number of rotatable bonds is 6. The Labute approximate surface area is 131 Å². The zero-order valence-electron chi connectivity index (χ0n) is 13.3. The number of benzene rings is 1. The lowest BCUT2D eigenvalue weighted by Crippen LogP contribution is -2.44. The van der Waals surface area contributed by atoms with E-state index in [1.165, 1.54) is 14.1 Å². The summed E-state index contributed by atoms with van der Waals surface area (Å²) in [6, 6.07) is 5.65. The second-order valence-electron chi connectivity index (χ2n) is 5.73. The van der Waals surface area contributed by atoms with Gasteiger partial charge in [-0.2, -0.15) is 12.7 Å². The first-order valence-electron chi connectivity index (χ1n) is 7.21. The molecule has 1 saturated carbocycles. The number of amides is 1. The lowest BCUT2D eigenvalue weighted by molar-refractivity contribution is -0.121. The number of nitrogens with one attached hydrogen (secondary N) is 1. The Kier molecular flexibility index (Phi) is 4.49. The van der Waals surface area contributed by atoms with Gasteiger partial charge < -0.3 is 4.74 Å². The summed E-state index contributed by atoms with van der Waals surface area (Å²) >= 11 is 0. The molecule has 0 atom stereocenters. The standard InChI is InChI=1S/C15H22N2O4S/c1-5-21-13-7-6-11(2)10-12(13)15(8-9-15)14(18)16-22(19,20)17(3)4/h6-7,10H,5,8-9H2,1-4H3,(H,16,18). The van der Waals surface area contributed by atoms with E-state index in [9.17, 15) is 13.2 Å². The van der Waals surface area contributed by atoms with E-state index in [2.05, 4.69) is 4.72 Å². The van der Waals surface area contributed by atoms with Crippen LogP contribution in [0.4, 0.5) is 0 Å². The molecule has 1 amide bonds. The van der Waals surface area contributed by atoms with Gasteiger partial charge in [0.05, 0.1) is 12.0 Å². The fourth-order valence-electron chi connectivity index (χ4n) is 2.35. The highest BCUT2D eigenvalue weighted by molar-refractivity contribution is 7.87. The van der Waals surface area contributed by atoms with Crippen LogP contribution in [0.25, 0.3) is 0 Å². The Bertz CT molecular complexity index is 679. The maximum atomic E-state index is 12.5. The van der Waals surface area contributed by atoms with Gasteiger partial charge in [-0.15, -0.1) is 0 Å². The van der Waals surface area contributed by atoms with E-state index < -0.39 is 21.5 Å². The Morgan fingerprint density at radius 2 is 2.00 bits per heavy atom. The van der Waals surface area contributed by atoms with Crippen LogP contribution in [0, 0.1) is 6.92 Å². The van der Waals surface area contributed by atoms with Gasteiger partial charge in [0.15, 0.2) is 0 Å². The summed E-state index contributed by atoms with van der Waals surface area (Å²) in [5.74, 6) is 0.149. The second-order valence-corrected chi connectivity index (χ2v) is 7.62. The van der Waals surface area contributed by atoms with Gasteiger partial charge in [0.2, 0.25) is 5.91 Å². The molecule has 0 radical (unpaired) electrons. The van der Waals surface area contributed by atoms with Crippen LogP contribution in [0.3, 0.4) is 0 Å². The topological polar surface area (TPSA) is 75.7 Å². The largest absolute Gasteiger partial charge is 0.494 e. The van der Waals surface area contributed by atoms with E-state index in [0.717, 1.165) is 15.4 Å². The summed E-state index contributed by atoms with van der Waals surface area (Å²) in [5.41, 5.74) is 0.966. The molecular formula is C15H22N2O4S. The van der Waals surface area contributed by atoms with Crippen LogP contribution in [0.2, 0.25) is 0 Å². The summed E-state index contributed by atoms with van der Waals surface area (Å²) in [6.45, 7) is 4.30. The van der Waals surface area contributed by atoms with Crippen LogP contribution < -0.4 is 9.46 Å². The summed E-state index contributed by atoms with van der Waals surface area (Å²) in [5, 5.41) is 0. The zero-order chi connectivity index (χ0) is 16.5. The summed E-state index contributed by atoms with van der Waals surface area (Å²) in [6.07, 6.45) is 1.23. The molecule has 0 heterocycles. The number of carbonyl (C=O) groups is 1. The molecule has 0 spiro atoms. The van der Waals surface area contributed by atoms with Gasteiger partial charge in [-0.25, -0.2) is 4.72 Å². The van der Waals surface area contributed by atoms with Gasteiger partial charge >= 0.3 is 10.2 Å². The predicted octanol–water partition coefficient (Wildman–Crippen LogP) is 1.35. The number of aryl methyl sites for hydroxylation is 1. The Hall–Kier alpha value is -1.60. The minimum atomic E-state index is -3.79. The number of nitrogens with zero attached hydrogens (tertiary/aromatic N) is 1. The van der Waals surface area contributed by atoms with Gasteiger partial charge in [-0.3, -0.25) is 4.79 Å². The molecule has 0 aliphatic heterocycles. The Morgan fingerprint density at radius 3 is 2.50 bits per heavy atom. The average molecular weight is 326 g/mol. The van der Waals surface area contributed by atoms with Crippen molar-refractivity contribution in [3.8, 4) is 5.75 Å². The molecule has 1 N–H and O–H groups in total. The van der Waals surface area contributed by atoms with E-state index in [1.807, 2.05) is 32.0 Å². The zero-order valence-corrected chi connectivity index (χ0v) is 14.2. The van der Waals surface area contributed by atoms with Crippen LogP contribution in [-0.4, -0.2) is 39.3 Å². The summed E-state index contributed by atoms with van der Waals surface area (Å²) < 4.78 is 32.5. The molecule has 1 aliphatic rings. The van der Waals surface area contributed by atoms with Crippen molar-refractivity contribution in [2.45, 2.75) is 32.1 Å². The minimum Gasteiger partial charge on any atom is -0.494 e. The van der Waals surface area contributed by atoms with Gasteiger partial charge in [-0.05, 0) is 32.8 Å². The molecule has 0 aromatic heterocycles. The third-order valence-corrected chi connectivity index (χ3v) is 5.24. The third-order valence-electron chi connectivity index (χ3n) is 3.84. The molecule has 2 rings (SSSR count). The molecule has 1 aromatic carbocycles.